The van der Waals surface area contributed by atoms with Crippen molar-refractivity contribution >= 4 is 34.2 Å². The molecule has 0 aliphatic rings. The summed E-state index contributed by atoms with van der Waals surface area (Å²) in [6, 6.07) is 31.7. The summed E-state index contributed by atoms with van der Waals surface area (Å²) < 4.78 is 5.02. The third-order valence-corrected chi connectivity index (χ3v) is 8.80. The molecule has 3 N–H and O–H groups in total. The van der Waals surface area contributed by atoms with Crippen molar-refractivity contribution in [2.75, 3.05) is 5.32 Å². The number of aromatic nitrogens is 8. The van der Waals surface area contributed by atoms with Gasteiger partial charge >= 0.3 is 5.69 Å². The minimum Gasteiger partial charge on any atom is -0.348 e. The van der Waals surface area contributed by atoms with Gasteiger partial charge in [0.1, 0.15) is 11.3 Å². The molecule has 0 unspecified atom stereocenters. The summed E-state index contributed by atoms with van der Waals surface area (Å²) in [6.45, 7) is 4.63. The number of hydrogen-bond acceptors (Lipinski definition) is 7. The van der Waals surface area contributed by atoms with Crippen molar-refractivity contribution in [1.82, 2.24) is 44.5 Å². The molecule has 8 rings (SSSR count). The fourth-order valence-electron chi connectivity index (χ4n) is 6.17. The van der Waals surface area contributed by atoms with Crippen molar-refractivity contribution in [2.24, 2.45) is 0 Å². The van der Waals surface area contributed by atoms with Gasteiger partial charge in [-0.3, -0.25) is 14.2 Å². The van der Waals surface area contributed by atoms with Gasteiger partial charge in [-0.15, -0.1) is 5.10 Å². The van der Waals surface area contributed by atoms with Gasteiger partial charge in [-0.1, -0.05) is 53.7 Å². The number of carbonyl (C=O) groups excluding carboxylic acids is 2. The number of amides is 2. The minimum absolute atomic E-state index is 0.188. The molecule has 0 bridgehead atoms. The van der Waals surface area contributed by atoms with Crippen LogP contribution in [0.15, 0.2) is 120 Å². The predicted octanol–water partition coefficient (Wildman–Crippen LogP) is 5.47. The average molecular weight is 689 g/mol. The first-order chi connectivity index (χ1) is 25.3. The van der Waals surface area contributed by atoms with Gasteiger partial charge in [-0.05, 0) is 79.6 Å². The van der Waals surface area contributed by atoms with Gasteiger partial charge in [-0.25, -0.2) is 19.0 Å². The number of benzene rings is 4. The van der Waals surface area contributed by atoms with Crippen LogP contribution < -0.4 is 16.3 Å². The summed E-state index contributed by atoms with van der Waals surface area (Å²) in [5, 5.41) is 18.8. The maximum atomic E-state index is 13.0. The number of anilines is 1. The molecular weight excluding hydrogens is 656 g/mol. The molecule has 0 atom stereocenters. The molecule has 0 saturated heterocycles. The molecule has 0 fully saturated rings. The van der Waals surface area contributed by atoms with Crippen LogP contribution in [0.25, 0.3) is 33.6 Å². The summed E-state index contributed by atoms with van der Waals surface area (Å²) >= 11 is 0. The summed E-state index contributed by atoms with van der Waals surface area (Å²) in [4.78, 5) is 45.8. The Morgan fingerprint density at radius 1 is 0.846 bits per heavy atom. The quantitative estimate of drug-likeness (QED) is 0.182. The number of nitrogens with zero attached hydrogens (tertiary/aromatic N) is 7. The highest BCUT2D eigenvalue weighted by Crippen LogP contribution is 2.21. The maximum Gasteiger partial charge on any atom is 0.331 e. The normalized spacial score (nSPS) is 11.3. The standard InChI is InChI=1S/C39H32N10O3/c1-24-19-25(2)49-36(42-24)32(21-41-49)38(51)43-30-15-13-28(14-16-30)34-23-47(46-45-34)22-27-7-11-29(12-8-27)37(50)40-20-26-9-17-31(18-10-26)48-35-6-4-3-5-33(35)44-39(48)52/h3-19,21,23H,20,22H2,1-2H3,(H,40,50)(H,43,51)(H,44,52). The zero-order valence-electron chi connectivity index (χ0n) is 28.2. The van der Waals surface area contributed by atoms with Gasteiger partial charge in [0.05, 0.1) is 35.7 Å². The third-order valence-electron chi connectivity index (χ3n) is 8.80. The number of aromatic amines is 1. The molecule has 13 nitrogen and oxygen atoms in total. The molecule has 256 valence electrons. The first-order valence-corrected chi connectivity index (χ1v) is 16.6. The van der Waals surface area contributed by atoms with E-state index in [-0.39, 0.29) is 17.5 Å². The largest absolute Gasteiger partial charge is 0.348 e. The molecule has 0 saturated carbocycles. The van der Waals surface area contributed by atoms with E-state index in [0.717, 1.165) is 44.8 Å². The van der Waals surface area contributed by atoms with Crippen LogP contribution in [0.1, 0.15) is 43.2 Å². The number of para-hydroxylation sites is 2. The van der Waals surface area contributed by atoms with Crippen molar-refractivity contribution in [2.45, 2.75) is 26.9 Å². The van der Waals surface area contributed by atoms with Crippen molar-refractivity contribution in [3.05, 3.63) is 160 Å². The molecule has 4 aromatic carbocycles. The van der Waals surface area contributed by atoms with Crippen LogP contribution in [-0.2, 0) is 13.1 Å². The highest BCUT2D eigenvalue weighted by molar-refractivity contribution is 6.08. The van der Waals surface area contributed by atoms with Gasteiger partial charge in [-0.2, -0.15) is 5.10 Å². The summed E-state index contributed by atoms with van der Waals surface area (Å²) in [5.74, 6) is -0.478. The number of nitrogens with one attached hydrogen (secondary N) is 3. The number of hydrogen-bond donors (Lipinski definition) is 3. The number of carbonyl (C=O) groups is 2. The zero-order chi connectivity index (χ0) is 35.8. The lowest BCUT2D eigenvalue weighted by atomic mass is 10.1. The Bertz CT molecular complexity index is 2650. The SMILES string of the molecule is Cc1cc(C)n2ncc(C(=O)Nc3ccc(-c4cn(Cc5ccc(C(=O)NCc6ccc(-n7c(=O)[nH]c8ccccc87)cc6)cc5)nn4)cc3)c2n1. The fraction of sp³-hybridized carbons (Fsp3) is 0.103. The Morgan fingerprint density at radius 2 is 1.60 bits per heavy atom. The van der Waals surface area contributed by atoms with Gasteiger partial charge in [0.15, 0.2) is 5.65 Å². The maximum absolute atomic E-state index is 13.0. The summed E-state index contributed by atoms with van der Waals surface area (Å²) in [6.07, 6.45) is 3.38. The van der Waals surface area contributed by atoms with Gasteiger partial charge < -0.3 is 15.6 Å². The van der Waals surface area contributed by atoms with E-state index < -0.39 is 0 Å². The van der Waals surface area contributed by atoms with Crippen LogP contribution in [0.4, 0.5) is 5.69 Å². The predicted molar refractivity (Wildman–Crippen MR) is 196 cm³/mol. The van der Waals surface area contributed by atoms with Gasteiger partial charge in [0.25, 0.3) is 11.8 Å². The average Bonchev–Trinajstić information content (AvgIpc) is 3.88. The van der Waals surface area contributed by atoms with Crippen molar-refractivity contribution in [3.63, 3.8) is 0 Å². The lowest BCUT2D eigenvalue weighted by molar-refractivity contribution is 0.0950. The molecule has 0 radical (unpaired) electrons. The number of H-pyrrole nitrogens is 1. The second-order valence-corrected chi connectivity index (χ2v) is 12.5. The van der Waals surface area contributed by atoms with Crippen LogP contribution in [-0.4, -0.2) is 51.0 Å². The highest BCUT2D eigenvalue weighted by Gasteiger charge is 2.16. The molecular formula is C39H32N10O3. The van der Waals surface area contributed by atoms with E-state index in [0.29, 0.717) is 41.2 Å². The Kier molecular flexibility index (Phi) is 8.20. The van der Waals surface area contributed by atoms with Crippen LogP contribution in [0.2, 0.25) is 0 Å². The van der Waals surface area contributed by atoms with Crippen LogP contribution >= 0.6 is 0 Å². The lowest BCUT2D eigenvalue weighted by Gasteiger charge is -2.08. The second-order valence-electron chi connectivity index (χ2n) is 12.5. The van der Waals surface area contributed by atoms with E-state index in [1.54, 1.807) is 25.9 Å². The molecule has 2 amide bonds. The van der Waals surface area contributed by atoms with Crippen molar-refractivity contribution in [1.29, 1.82) is 0 Å². The number of aryl methyl sites for hydroxylation is 2. The van der Waals surface area contributed by atoms with E-state index in [1.807, 2.05) is 111 Å². The molecule has 4 heterocycles. The van der Waals surface area contributed by atoms with Gasteiger partial charge in [0, 0.05) is 34.7 Å². The van der Waals surface area contributed by atoms with E-state index >= 15 is 0 Å². The van der Waals surface area contributed by atoms with Crippen molar-refractivity contribution < 1.29 is 9.59 Å². The molecule has 4 aromatic heterocycles. The molecule has 13 heteroatoms. The summed E-state index contributed by atoms with van der Waals surface area (Å²) in [5.41, 5.74) is 9.34. The van der Waals surface area contributed by atoms with Crippen LogP contribution in [0.3, 0.4) is 0 Å². The van der Waals surface area contributed by atoms with Crippen molar-refractivity contribution in [3.8, 4) is 16.9 Å². The topological polar surface area (TPSA) is 157 Å². The van der Waals surface area contributed by atoms with Gasteiger partial charge in [0.2, 0.25) is 0 Å². The first kappa shape index (κ1) is 32.1. The molecule has 52 heavy (non-hydrogen) atoms. The highest BCUT2D eigenvalue weighted by atomic mass is 16.2. The van der Waals surface area contributed by atoms with E-state index in [9.17, 15) is 14.4 Å². The monoisotopic (exact) mass is 688 g/mol. The minimum atomic E-state index is -0.290. The molecule has 0 spiro atoms. The summed E-state index contributed by atoms with van der Waals surface area (Å²) in [7, 11) is 0. The zero-order valence-corrected chi connectivity index (χ0v) is 28.2. The Hall–Kier alpha value is -7.15. The van der Waals surface area contributed by atoms with Crippen LogP contribution in [0.5, 0.6) is 0 Å². The molecule has 8 aromatic rings. The number of fused-ring (bicyclic) bond motifs is 2. The lowest BCUT2D eigenvalue weighted by Crippen LogP contribution is -2.22. The van der Waals surface area contributed by atoms with E-state index in [4.69, 9.17) is 0 Å². The van der Waals surface area contributed by atoms with E-state index in [1.165, 1.54) is 6.20 Å². The number of rotatable bonds is 9. The Balaban J connectivity index is 0.853. The fourth-order valence-corrected chi connectivity index (χ4v) is 6.17. The smallest absolute Gasteiger partial charge is 0.331 e. The Morgan fingerprint density at radius 3 is 2.38 bits per heavy atom. The Labute approximate surface area is 296 Å². The second kappa shape index (κ2) is 13.3. The van der Waals surface area contributed by atoms with Crippen LogP contribution in [0, 0.1) is 13.8 Å². The molecule has 0 aliphatic carbocycles. The third kappa shape index (κ3) is 6.33. The first-order valence-electron chi connectivity index (χ1n) is 16.6. The number of imidazole rings is 1. The van der Waals surface area contributed by atoms with E-state index in [2.05, 4.69) is 36.0 Å². The molecule has 0 aliphatic heterocycles.